The van der Waals surface area contributed by atoms with Gasteiger partial charge in [-0.3, -0.25) is 14.8 Å². The number of phenolic OH excluding ortho intramolecular Hbond substituents is 1. The molecule has 1 heterocycles. The molecule has 1 aliphatic heterocycles. The van der Waals surface area contributed by atoms with Gasteiger partial charge >= 0.3 is 6.18 Å². The van der Waals surface area contributed by atoms with E-state index in [0.717, 1.165) is 16.2 Å². The smallest absolute Gasteiger partial charge is 0.415 e. The Morgan fingerprint density at radius 2 is 1.69 bits per heavy atom. The Bertz CT molecular complexity index is 837. The molecule has 2 N–H and O–H groups in total. The van der Waals surface area contributed by atoms with Crippen LogP contribution in [0.15, 0.2) is 66.4 Å². The van der Waals surface area contributed by atoms with Crippen molar-refractivity contribution in [3.8, 4) is 5.75 Å². The van der Waals surface area contributed by atoms with Crippen LogP contribution in [-0.2, 0) is 4.79 Å². The first-order chi connectivity index (χ1) is 12.3. The Kier molecular flexibility index (Phi) is 4.50. The van der Waals surface area contributed by atoms with Crippen molar-refractivity contribution >= 4 is 17.3 Å². The predicted octanol–water partition coefficient (Wildman–Crippen LogP) is 3.51. The van der Waals surface area contributed by atoms with Crippen molar-refractivity contribution in [2.75, 3.05) is 17.4 Å². The van der Waals surface area contributed by atoms with Gasteiger partial charge in [0.2, 0.25) is 0 Å². The number of benzene rings is 2. The van der Waals surface area contributed by atoms with Crippen molar-refractivity contribution in [3.63, 3.8) is 0 Å². The second-order valence-corrected chi connectivity index (χ2v) is 5.76. The van der Waals surface area contributed by atoms with Gasteiger partial charge in [0.15, 0.2) is 6.04 Å². The van der Waals surface area contributed by atoms with E-state index in [9.17, 15) is 23.1 Å². The van der Waals surface area contributed by atoms with Gasteiger partial charge in [-0.2, -0.15) is 13.2 Å². The quantitative estimate of drug-likeness (QED) is 0.876. The highest BCUT2D eigenvalue weighted by Crippen LogP contribution is 2.41. The number of phenols is 1. The monoisotopic (exact) mass is 363 g/mol. The Balaban J connectivity index is 1.96. The van der Waals surface area contributed by atoms with E-state index in [1.54, 1.807) is 30.3 Å². The third kappa shape index (κ3) is 3.30. The zero-order chi connectivity index (χ0) is 18.9. The number of hydrogen-bond acceptors (Lipinski definition) is 4. The van der Waals surface area contributed by atoms with E-state index in [4.69, 9.17) is 0 Å². The Morgan fingerprint density at radius 3 is 2.31 bits per heavy atom. The first kappa shape index (κ1) is 17.7. The van der Waals surface area contributed by atoms with E-state index in [2.05, 4.69) is 5.32 Å². The van der Waals surface area contributed by atoms with Crippen molar-refractivity contribution in [1.82, 2.24) is 5.01 Å². The van der Waals surface area contributed by atoms with Crippen molar-refractivity contribution in [3.05, 3.63) is 66.4 Å². The number of nitrogens with one attached hydrogen (secondary N) is 1. The minimum Gasteiger partial charge on any atom is -0.506 e. The summed E-state index contributed by atoms with van der Waals surface area (Å²) in [6, 6.07) is 11.7. The number of nitrogens with zero attached hydrogens (tertiary/aromatic N) is 2. The molecule has 0 saturated carbocycles. The molecule has 0 spiro atoms. The van der Waals surface area contributed by atoms with Gasteiger partial charge in [0.1, 0.15) is 11.4 Å². The van der Waals surface area contributed by atoms with Gasteiger partial charge in [0, 0.05) is 18.9 Å². The van der Waals surface area contributed by atoms with Crippen molar-refractivity contribution < 1.29 is 23.1 Å². The summed E-state index contributed by atoms with van der Waals surface area (Å²) < 4.78 is 41.3. The molecular weight excluding hydrogens is 347 g/mol. The first-order valence-corrected chi connectivity index (χ1v) is 7.74. The number of halogens is 3. The molecular formula is C18H16F3N3O2. The van der Waals surface area contributed by atoms with E-state index in [0.29, 0.717) is 5.69 Å². The van der Waals surface area contributed by atoms with Crippen LogP contribution in [0.3, 0.4) is 0 Å². The summed E-state index contributed by atoms with van der Waals surface area (Å²) in [6.07, 6.45) is -3.62. The van der Waals surface area contributed by atoms with Crippen molar-refractivity contribution in [1.29, 1.82) is 0 Å². The van der Waals surface area contributed by atoms with Crippen molar-refractivity contribution in [2.45, 2.75) is 12.2 Å². The maximum atomic E-state index is 13.8. The van der Waals surface area contributed by atoms with Gasteiger partial charge in [0.25, 0.3) is 5.91 Å². The van der Waals surface area contributed by atoms with Gasteiger partial charge in [-0.1, -0.05) is 30.3 Å². The molecule has 1 amide bonds. The van der Waals surface area contributed by atoms with Crippen LogP contribution in [-0.4, -0.2) is 35.3 Å². The number of aromatic hydroxyl groups is 1. The summed E-state index contributed by atoms with van der Waals surface area (Å²) in [5.41, 5.74) is -0.119. The van der Waals surface area contributed by atoms with Crippen LogP contribution in [0.5, 0.6) is 5.75 Å². The summed E-state index contributed by atoms with van der Waals surface area (Å²) in [5, 5.41) is 14.4. The van der Waals surface area contributed by atoms with Crippen LogP contribution < -0.4 is 10.3 Å². The summed E-state index contributed by atoms with van der Waals surface area (Å²) in [6.45, 7) is 0. The zero-order valence-corrected chi connectivity index (χ0v) is 13.7. The van der Waals surface area contributed by atoms with E-state index in [-0.39, 0.29) is 11.4 Å². The minimum atomic E-state index is -4.73. The van der Waals surface area contributed by atoms with Crippen LogP contribution >= 0.6 is 0 Å². The second kappa shape index (κ2) is 6.62. The lowest BCUT2D eigenvalue weighted by Gasteiger charge is -2.34. The fourth-order valence-electron chi connectivity index (χ4n) is 2.84. The zero-order valence-electron chi connectivity index (χ0n) is 13.7. The first-order valence-electron chi connectivity index (χ1n) is 7.74. The maximum Gasteiger partial charge on any atom is 0.415 e. The molecule has 0 bridgehead atoms. The van der Waals surface area contributed by atoms with Gasteiger partial charge in [0.05, 0.1) is 5.57 Å². The number of rotatable bonds is 3. The third-order valence-corrected chi connectivity index (χ3v) is 3.94. The van der Waals surface area contributed by atoms with Crippen LogP contribution in [0.4, 0.5) is 24.5 Å². The average Bonchev–Trinajstić information content (AvgIpc) is 2.94. The van der Waals surface area contributed by atoms with Gasteiger partial charge in [-0.15, -0.1) is 0 Å². The molecule has 0 radical (unpaired) electrons. The molecule has 5 nitrogen and oxygen atoms in total. The molecule has 26 heavy (non-hydrogen) atoms. The Hall–Kier alpha value is -3.16. The lowest BCUT2D eigenvalue weighted by Crippen LogP contribution is -2.49. The Morgan fingerprint density at radius 1 is 1.08 bits per heavy atom. The molecule has 2 aromatic rings. The highest BCUT2D eigenvalue weighted by atomic mass is 19.4. The van der Waals surface area contributed by atoms with Crippen LogP contribution in [0.25, 0.3) is 0 Å². The summed E-state index contributed by atoms with van der Waals surface area (Å²) in [4.78, 5) is 12.5. The maximum absolute atomic E-state index is 13.8. The van der Waals surface area contributed by atoms with Gasteiger partial charge in [-0.05, 0) is 24.3 Å². The van der Waals surface area contributed by atoms with Gasteiger partial charge < -0.3 is 10.4 Å². The molecule has 2 aromatic carbocycles. The normalized spacial score (nSPS) is 17.2. The molecule has 136 valence electrons. The highest BCUT2D eigenvalue weighted by molar-refractivity contribution is 6.05. The molecule has 8 heteroatoms. The minimum absolute atomic E-state index is 0.0453. The van der Waals surface area contributed by atoms with E-state index < -0.39 is 23.7 Å². The van der Waals surface area contributed by atoms with Crippen molar-refractivity contribution in [2.24, 2.45) is 0 Å². The molecule has 0 fully saturated rings. The SMILES string of the molecule is CN1C=C(C(=O)Nc2ccccc2)C(C(F)(F)F)N1c1ccccc1O. The molecule has 3 rings (SSSR count). The lowest BCUT2D eigenvalue weighted by atomic mass is 10.1. The number of para-hydroxylation sites is 3. The Labute approximate surface area is 147 Å². The van der Waals surface area contributed by atoms with E-state index in [1.165, 1.54) is 31.3 Å². The van der Waals surface area contributed by atoms with Crippen LogP contribution in [0, 0.1) is 0 Å². The molecule has 1 atom stereocenters. The summed E-state index contributed by atoms with van der Waals surface area (Å²) in [5.74, 6) is -1.17. The molecule has 1 unspecified atom stereocenters. The highest BCUT2D eigenvalue weighted by Gasteiger charge is 2.53. The standard InChI is InChI=1S/C18H16F3N3O2/c1-23-11-13(17(26)22-12-7-3-2-4-8-12)16(18(19,20)21)24(23)14-9-5-6-10-15(14)25/h2-11,16,25H,1H3,(H,22,26). The molecule has 1 aliphatic rings. The largest absolute Gasteiger partial charge is 0.506 e. The van der Waals surface area contributed by atoms with E-state index >= 15 is 0 Å². The van der Waals surface area contributed by atoms with Crippen LogP contribution in [0.2, 0.25) is 0 Å². The fraction of sp³-hybridized carbons (Fsp3) is 0.167. The number of hydrogen-bond donors (Lipinski definition) is 2. The lowest BCUT2D eigenvalue weighted by molar-refractivity contribution is -0.145. The summed E-state index contributed by atoms with van der Waals surface area (Å²) in [7, 11) is 1.38. The second-order valence-electron chi connectivity index (χ2n) is 5.76. The molecule has 0 aromatic heterocycles. The fourth-order valence-corrected chi connectivity index (χ4v) is 2.84. The number of anilines is 2. The number of hydrazine groups is 1. The molecule has 0 saturated heterocycles. The van der Waals surface area contributed by atoms with Crippen LogP contribution in [0.1, 0.15) is 0 Å². The number of amides is 1. The third-order valence-electron chi connectivity index (χ3n) is 3.94. The number of carbonyl (C=O) groups is 1. The van der Waals surface area contributed by atoms with Gasteiger partial charge in [-0.25, -0.2) is 0 Å². The number of carbonyl (C=O) groups excluding carboxylic acids is 1. The molecule has 0 aliphatic carbocycles. The average molecular weight is 363 g/mol. The van der Waals surface area contributed by atoms with E-state index in [1.807, 2.05) is 0 Å². The predicted molar refractivity (Wildman–Crippen MR) is 91.3 cm³/mol. The number of alkyl halides is 3. The topological polar surface area (TPSA) is 55.8 Å². The summed E-state index contributed by atoms with van der Waals surface area (Å²) >= 11 is 0.